The number of carbonyl (C=O) groups is 2. The molecule has 1 amide bonds. The Morgan fingerprint density at radius 1 is 1.00 bits per heavy atom. The summed E-state index contributed by atoms with van der Waals surface area (Å²) in [5.41, 5.74) is 5.10. The van der Waals surface area contributed by atoms with Crippen molar-refractivity contribution in [2.75, 3.05) is 20.8 Å². The van der Waals surface area contributed by atoms with E-state index in [9.17, 15) is 14.7 Å². The van der Waals surface area contributed by atoms with Crippen molar-refractivity contribution in [3.63, 3.8) is 0 Å². The maximum Gasteiger partial charge on any atom is 0.407 e. The fourth-order valence-electron chi connectivity index (χ4n) is 4.80. The highest BCUT2D eigenvalue weighted by Crippen LogP contribution is 2.44. The topological polar surface area (TPSA) is 138 Å². The van der Waals surface area contributed by atoms with E-state index in [1.807, 2.05) is 54.6 Å². The van der Waals surface area contributed by atoms with Crippen molar-refractivity contribution in [3.05, 3.63) is 89.2 Å². The lowest BCUT2D eigenvalue weighted by Crippen LogP contribution is -2.43. The first-order valence-electron chi connectivity index (χ1n) is 12.3. The molecule has 1 heterocycles. The fraction of sp³-hybridized carbons (Fsp3) is 0.250. The van der Waals surface area contributed by atoms with Crippen molar-refractivity contribution in [2.24, 2.45) is 0 Å². The molecule has 0 aliphatic heterocycles. The molecule has 1 aromatic heterocycles. The molecule has 0 bridgehead atoms. The zero-order valence-corrected chi connectivity index (χ0v) is 22.9. The van der Waals surface area contributed by atoms with Gasteiger partial charge >= 0.3 is 12.1 Å². The van der Waals surface area contributed by atoms with Gasteiger partial charge in [0.2, 0.25) is 0 Å². The molecule has 4 aromatic rings. The van der Waals surface area contributed by atoms with Crippen molar-refractivity contribution in [2.45, 2.75) is 24.9 Å². The van der Waals surface area contributed by atoms with Crippen LogP contribution in [0, 0.1) is 0 Å². The summed E-state index contributed by atoms with van der Waals surface area (Å²) in [4.78, 5) is 24.7. The largest absolute Gasteiger partial charge is 0.497 e. The van der Waals surface area contributed by atoms with Crippen LogP contribution in [0.5, 0.6) is 11.5 Å². The molecule has 0 unspecified atom stereocenters. The van der Waals surface area contributed by atoms with Crippen LogP contribution in [0.2, 0.25) is 0 Å². The summed E-state index contributed by atoms with van der Waals surface area (Å²) in [6.07, 6.45) is -0.981. The SMILES string of the molecule is COc1ccc(Cn2nnnc2C[C@H](NC(=O)OCC2c3ccccc3-c3ccccc32)C(=O)O)c(OC)c1.S. The molecule has 0 fully saturated rings. The maximum atomic E-state index is 12.7. The average molecular weight is 564 g/mol. The van der Waals surface area contributed by atoms with Crippen LogP contribution < -0.4 is 14.8 Å². The number of alkyl carbamates (subject to hydrolysis) is 1. The first-order valence-corrected chi connectivity index (χ1v) is 12.3. The number of amides is 1. The predicted molar refractivity (Wildman–Crippen MR) is 150 cm³/mol. The van der Waals surface area contributed by atoms with Crippen LogP contribution in [0.3, 0.4) is 0 Å². The number of carboxylic acids is 1. The Labute approximate surface area is 237 Å². The molecule has 3 aromatic carbocycles. The molecular formula is C28H29N5O6S. The maximum absolute atomic E-state index is 12.7. The number of carbonyl (C=O) groups excluding carboxylic acids is 1. The van der Waals surface area contributed by atoms with Crippen molar-refractivity contribution in [3.8, 4) is 22.6 Å². The Morgan fingerprint density at radius 3 is 2.30 bits per heavy atom. The van der Waals surface area contributed by atoms with Crippen LogP contribution in [-0.4, -0.2) is 64.2 Å². The van der Waals surface area contributed by atoms with Crippen LogP contribution in [-0.2, 0) is 22.5 Å². The standard InChI is InChI=1S/C28H27N5O6.H2S/c1-37-18-12-11-17(25(13-18)38-2)15-33-26(30-31-32-33)14-24(27(34)35)29-28(36)39-16-23-21-9-5-3-7-19(21)20-8-4-6-10-22(20)23;/h3-13,23-24H,14-16H2,1-2H3,(H,29,36)(H,34,35);1H2/t24-;/m0./s1. The number of tetrazole rings is 1. The Bertz CT molecular complexity index is 1460. The second-order valence-electron chi connectivity index (χ2n) is 9.00. The molecule has 5 rings (SSSR count). The molecule has 12 heteroatoms. The first kappa shape index (κ1) is 28.4. The normalized spacial score (nSPS) is 12.4. The Hall–Kier alpha value is -4.58. The second-order valence-corrected chi connectivity index (χ2v) is 9.00. The predicted octanol–water partition coefficient (Wildman–Crippen LogP) is 3.39. The van der Waals surface area contributed by atoms with Gasteiger partial charge in [0.15, 0.2) is 5.82 Å². The number of ether oxygens (including phenoxy) is 3. The molecule has 0 radical (unpaired) electrons. The molecule has 11 nitrogen and oxygen atoms in total. The molecule has 1 atom stereocenters. The molecule has 0 spiro atoms. The number of hydrogen-bond donors (Lipinski definition) is 2. The van der Waals surface area contributed by atoms with Crippen LogP contribution in [0.1, 0.15) is 28.4 Å². The van der Waals surface area contributed by atoms with Gasteiger partial charge in [0.05, 0.1) is 20.8 Å². The van der Waals surface area contributed by atoms with E-state index < -0.39 is 18.1 Å². The quantitative estimate of drug-likeness (QED) is 0.297. The second kappa shape index (κ2) is 12.5. The minimum atomic E-state index is -1.30. The summed E-state index contributed by atoms with van der Waals surface area (Å²) in [7, 11) is 3.10. The highest BCUT2D eigenvalue weighted by atomic mass is 32.1. The lowest BCUT2D eigenvalue weighted by Gasteiger charge is -2.17. The molecular weight excluding hydrogens is 534 g/mol. The highest BCUT2D eigenvalue weighted by molar-refractivity contribution is 7.59. The third kappa shape index (κ3) is 5.86. The van der Waals surface area contributed by atoms with Gasteiger partial charge in [0.1, 0.15) is 24.1 Å². The van der Waals surface area contributed by atoms with Crippen LogP contribution in [0.25, 0.3) is 11.1 Å². The van der Waals surface area contributed by atoms with Gasteiger partial charge in [-0.3, -0.25) is 0 Å². The number of benzene rings is 3. The number of fused-ring (bicyclic) bond motifs is 3. The van der Waals surface area contributed by atoms with Crippen LogP contribution in [0.15, 0.2) is 66.7 Å². The van der Waals surface area contributed by atoms with Crippen LogP contribution >= 0.6 is 13.5 Å². The van der Waals surface area contributed by atoms with E-state index in [0.717, 1.165) is 27.8 Å². The third-order valence-electron chi connectivity index (χ3n) is 6.74. The lowest BCUT2D eigenvalue weighted by atomic mass is 9.98. The molecule has 0 saturated heterocycles. The van der Waals surface area contributed by atoms with E-state index in [1.54, 1.807) is 19.2 Å². The summed E-state index contributed by atoms with van der Waals surface area (Å²) < 4.78 is 17.6. The van der Waals surface area contributed by atoms with Crippen molar-refractivity contribution >= 4 is 25.6 Å². The lowest BCUT2D eigenvalue weighted by molar-refractivity contribution is -0.139. The minimum absolute atomic E-state index is 0. The zero-order chi connectivity index (χ0) is 27.4. The van der Waals surface area contributed by atoms with Crippen molar-refractivity contribution in [1.82, 2.24) is 25.5 Å². The van der Waals surface area contributed by atoms with Gasteiger partial charge in [-0.2, -0.15) is 13.5 Å². The van der Waals surface area contributed by atoms with E-state index in [4.69, 9.17) is 14.2 Å². The van der Waals surface area contributed by atoms with Crippen molar-refractivity contribution < 1.29 is 28.9 Å². The molecule has 40 heavy (non-hydrogen) atoms. The average Bonchev–Trinajstić information content (AvgIpc) is 3.53. The number of nitrogens with zero attached hydrogens (tertiary/aromatic N) is 4. The molecule has 1 aliphatic rings. The van der Waals surface area contributed by atoms with E-state index in [1.165, 1.54) is 11.8 Å². The van der Waals surface area contributed by atoms with E-state index in [0.29, 0.717) is 11.5 Å². The third-order valence-corrected chi connectivity index (χ3v) is 6.74. The summed E-state index contributed by atoms with van der Waals surface area (Å²) in [5, 5.41) is 23.9. The van der Waals surface area contributed by atoms with Crippen LogP contribution in [0.4, 0.5) is 4.79 Å². The number of hydrogen-bond acceptors (Lipinski definition) is 8. The fourth-order valence-corrected chi connectivity index (χ4v) is 4.80. The molecule has 1 aliphatic carbocycles. The summed E-state index contributed by atoms with van der Waals surface area (Å²) >= 11 is 0. The number of carboxylic acid groups (broad SMARTS) is 1. The molecule has 208 valence electrons. The van der Waals surface area contributed by atoms with E-state index >= 15 is 0 Å². The summed E-state index contributed by atoms with van der Waals surface area (Å²) in [6.45, 7) is 0.300. The van der Waals surface area contributed by atoms with Gasteiger partial charge in [0, 0.05) is 24.0 Å². The monoisotopic (exact) mass is 563 g/mol. The molecule has 2 N–H and O–H groups in total. The number of methoxy groups -OCH3 is 2. The van der Waals surface area contributed by atoms with E-state index in [-0.39, 0.29) is 44.8 Å². The van der Waals surface area contributed by atoms with Gasteiger partial charge < -0.3 is 24.6 Å². The van der Waals surface area contributed by atoms with Gasteiger partial charge in [-0.15, -0.1) is 5.10 Å². The zero-order valence-electron chi connectivity index (χ0n) is 21.9. The highest BCUT2D eigenvalue weighted by Gasteiger charge is 2.30. The molecule has 0 saturated carbocycles. The Kier molecular flexibility index (Phi) is 8.90. The number of aliphatic carboxylic acids is 1. The van der Waals surface area contributed by atoms with Gasteiger partial charge in [-0.1, -0.05) is 48.5 Å². The Morgan fingerprint density at radius 2 is 1.68 bits per heavy atom. The minimum Gasteiger partial charge on any atom is -0.497 e. The number of aromatic nitrogens is 4. The summed E-state index contributed by atoms with van der Waals surface area (Å²) in [6, 6.07) is 20.0. The van der Waals surface area contributed by atoms with Gasteiger partial charge in [0.25, 0.3) is 0 Å². The van der Waals surface area contributed by atoms with E-state index in [2.05, 4.69) is 20.8 Å². The Balaban J connectivity index is 0.00000370. The number of nitrogens with one attached hydrogen (secondary N) is 1. The first-order chi connectivity index (χ1) is 19.0. The smallest absolute Gasteiger partial charge is 0.407 e. The number of rotatable bonds is 10. The van der Waals surface area contributed by atoms with Crippen molar-refractivity contribution in [1.29, 1.82) is 0 Å². The van der Waals surface area contributed by atoms with Gasteiger partial charge in [-0.05, 0) is 44.8 Å². The van der Waals surface area contributed by atoms with Gasteiger partial charge in [-0.25, -0.2) is 14.3 Å². The summed E-state index contributed by atoms with van der Waals surface area (Å²) in [5.74, 6) is 0.102.